The number of rotatable bonds is 5. The third-order valence-corrected chi connectivity index (χ3v) is 3.82. The van der Waals surface area contributed by atoms with E-state index in [0.717, 1.165) is 11.1 Å². The molecule has 0 unspecified atom stereocenters. The minimum atomic E-state index is -0.634. The van der Waals surface area contributed by atoms with Crippen molar-refractivity contribution in [1.29, 1.82) is 0 Å². The van der Waals surface area contributed by atoms with E-state index < -0.39 is 11.0 Å². The molecule has 0 bridgehead atoms. The summed E-state index contributed by atoms with van der Waals surface area (Å²) in [7, 11) is 0. The molecular weight excluding hydrogens is 308 g/mol. The van der Waals surface area contributed by atoms with Crippen molar-refractivity contribution in [2.45, 2.75) is 13.0 Å². The van der Waals surface area contributed by atoms with Gasteiger partial charge in [-0.25, -0.2) is 4.79 Å². The second-order valence-corrected chi connectivity index (χ2v) is 5.29. The van der Waals surface area contributed by atoms with Crippen molar-refractivity contribution in [3.63, 3.8) is 0 Å². The molecule has 122 valence electrons. The number of nitro groups is 1. The van der Waals surface area contributed by atoms with E-state index in [2.05, 4.69) is 0 Å². The maximum absolute atomic E-state index is 12.5. The summed E-state index contributed by atoms with van der Waals surface area (Å²) in [6.07, 6.45) is 1.75. The van der Waals surface area contributed by atoms with E-state index >= 15 is 0 Å². The summed E-state index contributed by atoms with van der Waals surface area (Å²) in [4.78, 5) is 23.0. The van der Waals surface area contributed by atoms with Crippen LogP contribution in [0.4, 0.5) is 5.69 Å². The highest BCUT2D eigenvalue weighted by atomic mass is 16.6. The van der Waals surface area contributed by atoms with Gasteiger partial charge in [0, 0.05) is 29.2 Å². The number of aromatic nitrogens is 1. The van der Waals surface area contributed by atoms with Crippen LogP contribution < -0.4 is 0 Å². The summed E-state index contributed by atoms with van der Waals surface area (Å²) in [6, 6.07) is 15.0. The van der Waals surface area contributed by atoms with Crippen molar-refractivity contribution in [2.75, 3.05) is 6.61 Å². The normalized spacial score (nSPS) is 12.0. The van der Waals surface area contributed by atoms with Crippen LogP contribution >= 0.6 is 0 Å². The van der Waals surface area contributed by atoms with Gasteiger partial charge in [-0.05, 0) is 24.6 Å². The van der Waals surface area contributed by atoms with Crippen LogP contribution in [0, 0.1) is 10.1 Å². The topological polar surface area (TPSA) is 74.4 Å². The maximum Gasteiger partial charge on any atom is 0.333 e. The molecule has 1 aromatic heterocycles. The van der Waals surface area contributed by atoms with E-state index in [9.17, 15) is 14.9 Å². The van der Waals surface area contributed by atoms with Gasteiger partial charge < -0.3 is 9.30 Å². The van der Waals surface area contributed by atoms with E-state index in [4.69, 9.17) is 4.74 Å². The van der Waals surface area contributed by atoms with Crippen molar-refractivity contribution in [1.82, 2.24) is 4.57 Å². The molecule has 6 heteroatoms. The lowest BCUT2D eigenvalue weighted by atomic mass is 10.1. The van der Waals surface area contributed by atoms with Crippen LogP contribution in [0.25, 0.3) is 10.9 Å². The molecule has 0 saturated carbocycles. The zero-order valence-corrected chi connectivity index (χ0v) is 13.1. The SMILES string of the molecule is CCOC(=O)[C@H](c1ccccc1)n1ccc2cc([N+](=O)[O-])ccc21. The average molecular weight is 324 g/mol. The molecule has 24 heavy (non-hydrogen) atoms. The van der Waals surface area contributed by atoms with E-state index in [-0.39, 0.29) is 18.3 Å². The number of fused-ring (bicyclic) bond motifs is 1. The molecule has 0 aliphatic rings. The number of ether oxygens (including phenoxy) is 1. The van der Waals surface area contributed by atoms with E-state index in [0.29, 0.717) is 5.39 Å². The first-order valence-corrected chi connectivity index (χ1v) is 7.58. The first-order chi connectivity index (χ1) is 11.6. The Labute approximate surface area is 138 Å². The Kier molecular flexibility index (Phi) is 4.29. The number of esters is 1. The molecular formula is C18H16N2O4. The monoisotopic (exact) mass is 324 g/mol. The summed E-state index contributed by atoms with van der Waals surface area (Å²) in [6.45, 7) is 2.05. The van der Waals surface area contributed by atoms with Crippen LogP contribution in [0.1, 0.15) is 18.5 Å². The predicted octanol–water partition coefficient (Wildman–Crippen LogP) is 3.70. The van der Waals surface area contributed by atoms with Gasteiger partial charge in [0.15, 0.2) is 6.04 Å². The van der Waals surface area contributed by atoms with Crippen LogP contribution in [0.15, 0.2) is 60.8 Å². The van der Waals surface area contributed by atoms with E-state index in [1.165, 1.54) is 12.1 Å². The highest BCUT2D eigenvalue weighted by Gasteiger charge is 2.25. The molecule has 1 heterocycles. The van der Waals surface area contributed by atoms with Crippen molar-refractivity contribution >= 4 is 22.6 Å². The fourth-order valence-corrected chi connectivity index (χ4v) is 2.76. The Morgan fingerprint density at radius 2 is 1.96 bits per heavy atom. The number of non-ortho nitro benzene ring substituents is 1. The Hall–Kier alpha value is -3.15. The maximum atomic E-state index is 12.5. The van der Waals surface area contributed by atoms with Gasteiger partial charge in [0.05, 0.1) is 11.5 Å². The van der Waals surface area contributed by atoms with Crippen molar-refractivity contribution in [2.24, 2.45) is 0 Å². The summed E-state index contributed by atoms with van der Waals surface area (Å²) >= 11 is 0. The smallest absolute Gasteiger partial charge is 0.333 e. The molecule has 3 aromatic rings. The fraction of sp³-hybridized carbons (Fsp3) is 0.167. The van der Waals surface area contributed by atoms with Crippen LogP contribution in [-0.4, -0.2) is 22.1 Å². The molecule has 0 amide bonds. The molecule has 2 aromatic carbocycles. The van der Waals surface area contributed by atoms with Gasteiger partial charge in [0.2, 0.25) is 0 Å². The fourth-order valence-electron chi connectivity index (χ4n) is 2.76. The van der Waals surface area contributed by atoms with Gasteiger partial charge in [-0.3, -0.25) is 10.1 Å². The summed E-state index contributed by atoms with van der Waals surface area (Å²) in [5.41, 5.74) is 1.56. The zero-order chi connectivity index (χ0) is 17.1. The minimum Gasteiger partial charge on any atom is -0.464 e. The van der Waals surface area contributed by atoms with Crippen molar-refractivity contribution in [3.8, 4) is 0 Å². The lowest BCUT2D eigenvalue weighted by Crippen LogP contribution is -2.22. The second-order valence-electron chi connectivity index (χ2n) is 5.29. The lowest BCUT2D eigenvalue weighted by Gasteiger charge is -2.19. The van der Waals surface area contributed by atoms with Crippen molar-refractivity contribution in [3.05, 3.63) is 76.5 Å². The second kappa shape index (κ2) is 6.54. The molecule has 1 atom stereocenters. The van der Waals surface area contributed by atoms with Gasteiger partial charge in [0.1, 0.15) is 0 Å². The molecule has 6 nitrogen and oxygen atoms in total. The summed E-state index contributed by atoms with van der Waals surface area (Å²) in [5, 5.41) is 11.6. The molecule has 0 N–H and O–H groups in total. The van der Waals surface area contributed by atoms with Crippen LogP contribution in [0.5, 0.6) is 0 Å². The molecule has 0 spiro atoms. The van der Waals surface area contributed by atoms with E-state index in [1.54, 1.807) is 29.8 Å². The molecule has 0 radical (unpaired) electrons. The number of nitro benzene ring substituents is 1. The number of hydrogen-bond acceptors (Lipinski definition) is 4. The number of carbonyl (C=O) groups is 1. The van der Waals surface area contributed by atoms with Crippen molar-refractivity contribution < 1.29 is 14.5 Å². The third kappa shape index (κ3) is 2.86. The largest absolute Gasteiger partial charge is 0.464 e. The number of benzene rings is 2. The number of carbonyl (C=O) groups excluding carboxylic acids is 1. The molecule has 0 aliphatic heterocycles. The lowest BCUT2D eigenvalue weighted by molar-refractivity contribution is -0.384. The Morgan fingerprint density at radius 1 is 1.21 bits per heavy atom. The van der Waals surface area contributed by atoms with Gasteiger partial charge >= 0.3 is 5.97 Å². The van der Waals surface area contributed by atoms with Crippen LogP contribution in [-0.2, 0) is 9.53 Å². The summed E-state index contributed by atoms with van der Waals surface area (Å²) in [5.74, 6) is -0.362. The first-order valence-electron chi connectivity index (χ1n) is 7.58. The Bertz CT molecular complexity index is 886. The van der Waals surface area contributed by atoms with Gasteiger partial charge in [-0.15, -0.1) is 0 Å². The first kappa shape index (κ1) is 15.7. The quantitative estimate of drug-likeness (QED) is 0.407. The van der Waals surface area contributed by atoms with Crippen LogP contribution in [0.2, 0.25) is 0 Å². The zero-order valence-electron chi connectivity index (χ0n) is 13.1. The number of nitrogens with zero attached hydrogens (tertiary/aromatic N) is 2. The Morgan fingerprint density at radius 3 is 2.62 bits per heavy atom. The highest BCUT2D eigenvalue weighted by Crippen LogP contribution is 2.28. The average Bonchev–Trinajstić information content (AvgIpc) is 2.99. The van der Waals surface area contributed by atoms with Gasteiger partial charge in [-0.1, -0.05) is 30.3 Å². The van der Waals surface area contributed by atoms with Gasteiger partial charge in [0.25, 0.3) is 5.69 Å². The predicted molar refractivity (Wildman–Crippen MR) is 89.8 cm³/mol. The molecule has 0 saturated heterocycles. The molecule has 0 fully saturated rings. The minimum absolute atomic E-state index is 0.0210. The Balaban J connectivity index is 2.13. The van der Waals surface area contributed by atoms with Crippen LogP contribution in [0.3, 0.4) is 0 Å². The highest BCUT2D eigenvalue weighted by molar-refractivity contribution is 5.86. The molecule has 3 rings (SSSR count). The van der Waals surface area contributed by atoms with E-state index in [1.807, 2.05) is 30.3 Å². The van der Waals surface area contributed by atoms with Gasteiger partial charge in [-0.2, -0.15) is 0 Å². The number of hydrogen-bond donors (Lipinski definition) is 0. The standard InChI is InChI=1S/C18H16N2O4/c1-2-24-18(21)17(13-6-4-3-5-7-13)19-11-10-14-12-15(20(22)23)8-9-16(14)19/h3-12,17H,2H2,1H3/t17-/m0/s1. The molecule has 0 aliphatic carbocycles. The third-order valence-electron chi connectivity index (χ3n) is 3.82. The summed E-state index contributed by atoms with van der Waals surface area (Å²) < 4.78 is 7.01.